The van der Waals surface area contributed by atoms with E-state index in [1.807, 2.05) is 0 Å². The van der Waals surface area contributed by atoms with E-state index >= 15 is 0 Å². The molecule has 2 aliphatic rings. The molecular formula is C18H27FN2. The topological polar surface area (TPSA) is 15.3 Å². The molecule has 1 saturated heterocycles. The average Bonchev–Trinajstić information content (AvgIpc) is 3.14. The first kappa shape index (κ1) is 14.8. The second-order valence-corrected chi connectivity index (χ2v) is 6.55. The summed E-state index contributed by atoms with van der Waals surface area (Å²) >= 11 is 0. The lowest BCUT2D eigenvalue weighted by Gasteiger charge is -2.31. The molecule has 1 unspecified atom stereocenters. The molecule has 1 aromatic rings. The lowest BCUT2D eigenvalue weighted by atomic mass is 9.95. The molecule has 1 aromatic carbocycles. The van der Waals surface area contributed by atoms with Crippen molar-refractivity contribution in [1.29, 1.82) is 0 Å². The second-order valence-electron chi connectivity index (χ2n) is 6.55. The third-order valence-electron chi connectivity index (χ3n) is 5.10. The normalized spacial score (nSPS) is 23.1. The van der Waals surface area contributed by atoms with Crippen LogP contribution in [-0.4, -0.2) is 19.1 Å². The molecule has 1 atom stereocenters. The molecule has 0 amide bonds. The van der Waals surface area contributed by atoms with Crippen molar-refractivity contribution in [3.05, 3.63) is 29.6 Å². The molecule has 0 radical (unpaired) electrons. The van der Waals surface area contributed by atoms with E-state index in [0.717, 1.165) is 36.8 Å². The summed E-state index contributed by atoms with van der Waals surface area (Å²) < 4.78 is 14.0. The Kier molecular flexibility index (Phi) is 4.79. The quantitative estimate of drug-likeness (QED) is 0.878. The van der Waals surface area contributed by atoms with Crippen molar-refractivity contribution in [1.82, 2.24) is 5.32 Å². The van der Waals surface area contributed by atoms with E-state index in [1.165, 1.54) is 38.5 Å². The zero-order valence-corrected chi connectivity index (χ0v) is 13.1. The van der Waals surface area contributed by atoms with Gasteiger partial charge in [0.2, 0.25) is 0 Å². The fraction of sp³-hybridized carbons (Fsp3) is 0.667. The lowest BCUT2D eigenvalue weighted by molar-refractivity contribution is 0.430. The molecule has 0 aromatic heterocycles. The van der Waals surface area contributed by atoms with Crippen molar-refractivity contribution in [3.63, 3.8) is 0 Å². The van der Waals surface area contributed by atoms with Crippen molar-refractivity contribution in [2.24, 2.45) is 5.92 Å². The minimum Gasteiger partial charge on any atom is -0.368 e. The molecule has 2 fully saturated rings. The van der Waals surface area contributed by atoms with Crippen LogP contribution in [-0.2, 0) is 6.54 Å². The van der Waals surface area contributed by atoms with E-state index in [1.54, 1.807) is 12.1 Å². The molecule has 1 N–H and O–H groups in total. The Bertz CT molecular complexity index is 468. The minimum absolute atomic E-state index is 0.0996. The highest BCUT2D eigenvalue weighted by Crippen LogP contribution is 2.38. The number of nitrogens with zero attached hydrogens (tertiary/aromatic N) is 1. The van der Waals surface area contributed by atoms with Crippen LogP contribution in [0.15, 0.2) is 18.2 Å². The summed E-state index contributed by atoms with van der Waals surface area (Å²) in [6.45, 7) is 4.84. The predicted octanol–water partition coefficient (Wildman–Crippen LogP) is 4.09. The first-order valence-electron chi connectivity index (χ1n) is 8.54. The van der Waals surface area contributed by atoms with E-state index in [0.29, 0.717) is 6.04 Å². The van der Waals surface area contributed by atoms with E-state index < -0.39 is 0 Å². The Morgan fingerprint density at radius 3 is 2.71 bits per heavy atom. The zero-order chi connectivity index (χ0) is 14.7. The van der Waals surface area contributed by atoms with Crippen LogP contribution in [0.2, 0.25) is 0 Å². The van der Waals surface area contributed by atoms with Gasteiger partial charge in [0, 0.05) is 24.8 Å². The van der Waals surface area contributed by atoms with Gasteiger partial charge in [-0.2, -0.15) is 0 Å². The number of anilines is 1. The summed E-state index contributed by atoms with van der Waals surface area (Å²) in [5.74, 6) is 0.727. The summed E-state index contributed by atoms with van der Waals surface area (Å²) in [6.07, 6.45) is 8.01. The van der Waals surface area contributed by atoms with Gasteiger partial charge in [0.1, 0.15) is 5.82 Å². The fourth-order valence-corrected chi connectivity index (χ4v) is 4.12. The second kappa shape index (κ2) is 6.78. The molecule has 2 nitrogen and oxygen atoms in total. The number of benzene rings is 1. The van der Waals surface area contributed by atoms with Gasteiger partial charge in [-0.25, -0.2) is 4.39 Å². The van der Waals surface area contributed by atoms with Gasteiger partial charge in [-0.15, -0.1) is 0 Å². The van der Waals surface area contributed by atoms with Gasteiger partial charge in [-0.05, 0) is 61.9 Å². The van der Waals surface area contributed by atoms with Gasteiger partial charge in [0.25, 0.3) is 0 Å². The number of rotatable bonds is 5. The zero-order valence-electron chi connectivity index (χ0n) is 13.1. The summed E-state index contributed by atoms with van der Waals surface area (Å²) in [4.78, 5) is 2.48. The summed E-state index contributed by atoms with van der Waals surface area (Å²) in [5.41, 5.74) is 2.15. The van der Waals surface area contributed by atoms with Gasteiger partial charge in [0.05, 0.1) is 0 Å². The molecule has 1 heterocycles. The largest absolute Gasteiger partial charge is 0.368 e. The molecule has 0 spiro atoms. The van der Waals surface area contributed by atoms with E-state index in [4.69, 9.17) is 0 Å². The molecule has 3 heteroatoms. The Labute approximate surface area is 127 Å². The maximum atomic E-state index is 14.0. The van der Waals surface area contributed by atoms with Crippen LogP contribution in [0.25, 0.3) is 0 Å². The number of hydrogen-bond acceptors (Lipinski definition) is 2. The molecule has 1 aliphatic carbocycles. The smallest absolute Gasteiger partial charge is 0.125 e. The Balaban J connectivity index is 1.79. The highest BCUT2D eigenvalue weighted by Gasteiger charge is 2.33. The van der Waals surface area contributed by atoms with Crippen molar-refractivity contribution in [2.45, 2.75) is 58.0 Å². The van der Waals surface area contributed by atoms with Gasteiger partial charge in [0.15, 0.2) is 0 Å². The molecular weight excluding hydrogens is 263 g/mol. The van der Waals surface area contributed by atoms with Crippen molar-refractivity contribution < 1.29 is 4.39 Å². The molecule has 116 valence electrons. The van der Waals surface area contributed by atoms with Crippen LogP contribution in [0.5, 0.6) is 0 Å². The van der Waals surface area contributed by atoms with E-state index in [-0.39, 0.29) is 5.82 Å². The highest BCUT2D eigenvalue weighted by atomic mass is 19.1. The Morgan fingerprint density at radius 1 is 1.14 bits per heavy atom. The van der Waals surface area contributed by atoms with Crippen LogP contribution in [0, 0.1) is 11.7 Å². The first-order chi connectivity index (χ1) is 10.3. The van der Waals surface area contributed by atoms with Crippen molar-refractivity contribution >= 4 is 5.69 Å². The third-order valence-corrected chi connectivity index (χ3v) is 5.10. The van der Waals surface area contributed by atoms with Crippen LogP contribution >= 0.6 is 0 Å². The summed E-state index contributed by atoms with van der Waals surface area (Å²) in [6, 6.07) is 6.20. The molecule has 0 bridgehead atoms. The van der Waals surface area contributed by atoms with E-state index in [2.05, 4.69) is 23.2 Å². The Hall–Kier alpha value is -1.09. The van der Waals surface area contributed by atoms with Crippen LogP contribution < -0.4 is 10.2 Å². The third kappa shape index (κ3) is 3.39. The molecule has 1 aliphatic heterocycles. The Morgan fingerprint density at radius 2 is 1.95 bits per heavy atom. The van der Waals surface area contributed by atoms with Crippen LogP contribution in [0.4, 0.5) is 10.1 Å². The number of nitrogens with one attached hydrogen (secondary N) is 1. The van der Waals surface area contributed by atoms with Crippen LogP contribution in [0.3, 0.4) is 0 Å². The van der Waals surface area contributed by atoms with Gasteiger partial charge in [-0.1, -0.05) is 19.8 Å². The average molecular weight is 290 g/mol. The number of halogens is 1. The minimum atomic E-state index is -0.0996. The molecule has 3 rings (SSSR count). The summed E-state index contributed by atoms with van der Waals surface area (Å²) in [7, 11) is 0. The fourth-order valence-electron chi connectivity index (χ4n) is 4.12. The van der Waals surface area contributed by atoms with Gasteiger partial charge < -0.3 is 10.2 Å². The maximum absolute atomic E-state index is 14.0. The molecule has 21 heavy (non-hydrogen) atoms. The maximum Gasteiger partial charge on any atom is 0.125 e. The molecule has 1 saturated carbocycles. The van der Waals surface area contributed by atoms with Crippen LogP contribution in [0.1, 0.15) is 51.0 Å². The van der Waals surface area contributed by atoms with Crippen molar-refractivity contribution in [3.8, 4) is 0 Å². The monoisotopic (exact) mass is 290 g/mol. The predicted molar refractivity (Wildman–Crippen MR) is 86.1 cm³/mol. The number of hydrogen-bond donors (Lipinski definition) is 1. The SMILES string of the molecule is CCNCc1cc(F)cc(N2CCCC2C2CCCC2)c1. The standard InChI is InChI=1S/C18H27FN2/c1-2-20-13-14-10-16(19)12-17(11-14)21-9-5-8-18(21)15-6-3-4-7-15/h10-12,15,18,20H,2-9,13H2,1H3. The van der Waals surface area contributed by atoms with E-state index in [9.17, 15) is 4.39 Å². The van der Waals surface area contributed by atoms with Gasteiger partial charge in [-0.3, -0.25) is 0 Å². The first-order valence-corrected chi connectivity index (χ1v) is 8.54. The summed E-state index contributed by atoms with van der Waals surface area (Å²) in [5, 5.41) is 3.29. The highest BCUT2D eigenvalue weighted by molar-refractivity contribution is 5.51. The van der Waals surface area contributed by atoms with Gasteiger partial charge >= 0.3 is 0 Å². The van der Waals surface area contributed by atoms with Crippen molar-refractivity contribution in [2.75, 3.05) is 18.0 Å². The lowest BCUT2D eigenvalue weighted by Crippen LogP contribution is -2.34.